The van der Waals surface area contributed by atoms with Crippen molar-refractivity contribution in [1.29, 1.82) is 5.41 Å². The number of hydrogen-bond donors (Lipinski definition) is 2. The Kier molecular flexibility index (Phi) is 8.71. The largest absolute Gasteiger partial charge is 0.383 e. The second kappa shape index (κ2) is 13.8. The van der Waals surface area contributed by atoms with Crippen LogP contribution in [0.4, 0.5) is 11.4 Å². The summed E-state index contributed by atoms with van der Waals surface area (Å²) in [6.45, 7) is 7.70. The van der Waals surface area contributed by atoms with E-state index in [4.69, 9.17) is 5.41 Å². The summed E-state index contributed by atoms with van der Waals surface area (Å²) >= 11 is 0. The minimum Gasteiger partial charge on any atom is -0.383 e. The zero-order chi connectivity index (χ0) is 34.8. The number of para-hydroxylation sites is 1. The maximum Gasteiger partial charge on any atom is 0.0655 e. The third-order valence-corrected chi connectivity index (χ3v) is 10.8. The molecule has 2 N–H and O–H groups in total. The highest BCUT2D eigenvalue weighted by molar-refractivity contribution is 6.14. The lowest BCUT2D eigenvalue weighted by atomic mass is 9.74. The Labute approximate surface area is 302 Å². The van der Waals surface area contributed by atoms with Crippen molar-refractivity contribution in [3.8, 4) is 11.1 Å². The molecule has 0 bridgehead atoms. The average Bonchev–Trinajstić information content (AvgIpc) is 3.43. The Balaban J connectivity index is 1.22. The summed E-state index contributed by atoms with van der Waals surface area (Å²) in [5.74, 6) is 0.189. The van der Waals surface area contributed by atoms with Gasteiger partial charge in [-0.3, -0.25) is 0 Å². The van der Waals surface area contributed by atoms with Crippen LogP contribution in [-0.4, -0.2) is 18.3 Å². The van der Waals surface area contributed by atoms with E-state index in [2.05, 4.69) is 169 Å². The summed E-state index contributed by atoms with van der Waals surface area (Å²) in [5, 5.41) is 12.8. The predicted octanol–water partition coefficient (Wildman–Crippen LogP) is 11.4. The van der Waals surface area contributed by atoms with E-state index < -0.39 is 0 Å². The molecule has 1 heterocycles. The van der Waals surface area contributed by atoms with Gasteiger partial charge in [-0.05, 0) is 89.1 Å². The number of benzene rings is 4. The first-order chi connectivity index (χ1) is 25.0. The van der Waals surface area contributed by atoms with Crippen LogP contribution in [0.15, 0.2) is 182 Å². The fourth-order valence-corrected chi connectivity index (χ4v) is 8.06. The minimum absolute atomic E-state index is 0.174. The molecule has 0 saturated heterocycles. The molecule has 0 radical (unpaired) electrons. The molecule has 0 spiro atoms. The molecule has 3 aliphatic carbocycles. The normalized spacial score (nSPS) is 24.1. The summed E-state index contributed by atoms with van der Waals surface area (Å²) in [6, 6.07) is 35.1. The van der Waals surface area contributed by atoms with Gasteiger partial charge in [-0.15, -0.1) is 0 Å². The van der Waals surface area contributed by atoms with Crippen molar-refractivity contribution in [3.05, 3.63) is 204 Å². The summed E-state index contributed by atoms with van der Waals surface area (Å²) < 4.78 is 0. The van der Waals surface area contributed by atoms with E-state index in [9.17, 15) is 0 Å². The van der Waals surface area contributed by atoms with Crippen LogP contribution in [0.25, 0.3) is 22.4 Å². The highest BCUT2D eigenvalue weighted by Gasteiger charge is 2.47. The first-order valence-corrected chi connectivity index (χ1v) is 18.0. The van der Waals surface area contributed by atoms with Crippen molar-refractivity contribution in [2.45, 2.75) is 37.1 Å². The van der Waals surface area contributed by atoms with Gasteiger partial charge in [0, 0.05) is 34.8 Å². The molecule has 3 nitrogen and oxygen atoms in total. The topological polar surface area (TPSA) is 39.1 Å². The molecular weight excluding hydrogens is 619 g/mol. The van der Waals surface area contributed by atoms with Crippen molar-refractivity contribution < 1.29 is 0 Å². The third kappa shape index (κ3) is 6.10. The lowest BCUT2D eigenvalue weighted by molar-refractivity contribution is 0.550. The number of nitrogens with one attached hydrogen (secondary N) is 2. The average molecular weight is 662 g/mol. The molecule has 4 aliphatic rings. The van der Waals surface area contributed by atoms with Gasteiger partial charge in [0.1, 0.15) is 0 Å². The number of rotatable bonds is 6. The number of anilines is 2. The third-order valence-electron chi connectivity index (χ3n) is 10.8. The quantitative estimate of drug-likeness (QED) is 0.216. The Hall–Kier alpha value is -5.93. The molecule has 0 saturated carbocycles. The van der Waals surface area contributed by atoms with Crippen LogP contribution >= 0.6 is 0 Å². The van der Waals surface area contributed by atoms with Crippen molar-refractivity contribution in [3.63, 3.8) is 0 Å². The van der Waals surface area contributed by atoms with E-state index in [0.29, 0.717) is 12.3 Å². The number of fused-ring (bicyclic) bond motifs is 4. The van der Waals surface area contributed by atoms with Gasteiger partial charge in [-0.1, -0.05) is 146 Å². The molecule has 3 heteroatoms. The van der Waals surface area contributed by atoms with Crippen LogP contribution < -0.4 is 10.2 Å². The summed E-state index contributed by atoms with van der Waals surface area (Å²) in [5.41, 5.74) is 13.0. The summed E-state index contributed by atoms with van der Waals surface area (Å²) in [7, 11) is 0. The lowest BCUT2D eigenvalue weighted by Crippen LogP contribution is -2.39. The Bertz CT molecular complexity index is 2190. The van der Waals surface area contributed by atoms with E-state index in [1.54, 1.807) is 0 Å². The maximum absolute atomic E-state index is 8.89. The number of allylic oxidation sites excluding steroid dienone is 12. The van der Waals surface area contributed by atoms with Gasteiger partial charge in [0.2, 0.25) is 0 Å². The summed E-state index contributed by atoms with van der Waals surface area (Å²) in [4.78, 5) is 2.53. The van der Waals surface area contributed by atoms with Gasteiger partial charge in [0.15, 0.2) is 0 Å². The molecule has 0 aromatic heterocycles. The monoisotopic (exact) mass is 661 g/mol. The molecule has 51 heavy (non-hydrogen) atoms. The van der Waals surface area contributed by atoms with E-state index in [-0.39, 0.29) is 17.4 Å². The molecule has 4 aromatic carbocycles. The summed E-state index contributed by atoms with van der Waals surface area (Å²) in [6.07, 6.45) is 27.6. The van der Waals surface area contributed by atoms with Gasteiger partial charge in [0.25, 0.3) is 0 Å². The predicted molar refractivity (Wildman–Crippen MR) is 217 cm³/mol. The van der Waals surface area contributed by atoms with Gasteiger partial charge in [-0.25, -0.2) is 0 Å². The second-order valence-corrected chi connectivity index (χ2v) is 14.0. The van der Waals surface area contributed by atoms with Gasteiger partial charge in [-0.2, -0.15) is 0 Å². The van der Waals surface area contributed by atoms with E-state index in [1.807, 2.05) is 24.3 Å². The molecule has 4 aromatic rings. The molecule has 0 fully saturated rings. The molecule has 1 aliphatic heterocycles. The maximum atomic E-state index is 8.89. The van der Waals surface area contributed by atoms with Crippen molar-refractivity contribution in [1.82, 2.24) is 5.32 Å². The Morgan fingerprint density at radius 3 is 2.33 bits per heavy atom. The van der Waals surface area contributed by atoms with E-state index >= 15 is 0 Å². The highest BCUT2D eigenvalue weighted by atomic mass is 15.2. The number of nitrogens with zero attached hydrogens (tertiary/aromatic N) is 1. The molecule has 250 valence electrons. The molecule has 3 atom stereocenters. The van der Waals surface area contributed by atoms with Crippen molar-refractivity contribution in [2.75, 3.05) is 11.4 Å². The zero-order valence-corrected chi connectivity index (χ0v) is 29.1. The van der Waals surface area contributed by atoms with Crippen LogP contribution in [0.3, 0.4) is 0 Å². The van der Waals surface area contributed by atoms with Gasteiger partial charge >= 0.3 is 0 Å². The fraction of sp³-hybridized carbons (Fsp3) is 0.146. The first-order valence-electron chi connectivity index (χ1n) is 18.0. The van der Waals surface area contributed by atoms with Crippen LogP contribution in [0.5, 0.6) is 0 Å². The van der Waals surface area contributed by atoms with Crippen LogP contribution in [0.2, 0.25) is 0 Å². The first kappa shape index (κ1) is 32.3. The number of hydrogen-bond acceptors (Lipinski definition) is 3. The standard InChI is InChI=1S/C48H43N3/c1-34-17-7-3-4-8-20-38(33-50-47(40-23-13-14-24-44(40)49)37-28-26-36(27-29-37)35-18-9-5-10-19-35)42-32-45-43(31-41(34)42)48(2)30-16-15-25-46(48)51(45)39-21-11-6-12-22-39/h3-7,9-19,21-32,38,46,49-50H,1,8,20,33H2,2H3/b4-3-,17-7-,47-40-,49-44?. The fourth-order valence-electron chi connectivity index (χ4n) is 8.06. The van der Waals surface area contributed by atoms with Crippen LogP contribution in [0, 0.1) is 5.41 Å². The van der Waals surface area contributed by atoms with Crippen LogP contribution in [-0.2, 0) is 5.41 Å². The van der Waals surface area contributed by atoms with Crippen molar-refractivity contribution >= 4 is 28.4 Å². The SMILES string of the molecule is C=C1/C=C\C=C/CCC(CN/C(=C2/C=CC=CC2=N)c2ccc(-c3ccccc3)cc2)c2cc3c(cc21)C1(C)C=CC=CC1N3c1ccccc1. The Morgan fingerprint density at radius 2 is 1.55 bits per heavy atom. The van der Waals surface area contributed by atoms with Gasteiger partial charge in [0.05, 0.1) is 17.5 Å². The molecule has 3 unspecified atom stereocenters. The van der Waals surface area contributed by atoms with E-state index in [0.717, 1.165) is 35.2 Å². The minimum atomic E-state index is -0.174. The van der Waals surface area contributed by atoms with Crippen molar-refractivity contribution in [2.24, 2.45) is 0 Å². The zero-order valence-electron chi connectivity index (χ0n) is 29.1. The Morgan fingerprint density at radius 1 is 0.824 bits per heavy atom. The molecular formula is C48H43N3. The van der Waals surface area contributed by atoms with E-state index in [1.165, 1.54) is 39.2 Å². The second-order valence-electron chi connectivity index (χ2n) is 14.0. The smallest absolute Gasteiger partial charge is 0.0655 e. The lowest BCUT2D eigenvalue weighted by Gasteiger charge is -2.34. The molecule has 0 amide bonds. The van der Waals surface area contributed by atoms with Crippen LogP contribution in [0.1, 0.15) is 47.9 Å². The highest BCUT2D eigenvalue weighted by Crippen LogP contribution is 2.53. The van der Waals surface area contributed by atoms with Gasteiger partial charge < -0.3 is 15.6 Å². The molecule has 8 rings (SSSR count).